The average Bonchev–Trinajstić information content (AvgIpc) is 3.02. The zero-order chi connectivity index (χ0) is 20.1. The van der Waals surface area contributed by atoms with Crippen molar-refractivity contribution in [1.29, 1.82) is 0 Å². The molecule has 0 saturated carbocycles. The van der Waals surface area contributed by atoms with Gasteiger partial charge in [0.1, 0.15) is 5.00 Å². The Balaban J connectivity index is 1.79. The predicted octanol–water partition coefficient (Wildman–Crippen LogP) is 3.00. The molecule has 148 valence electrons. The standard InChI is InChI=1S/C20H23N3O4S/c1-12-4-5-14-15(9-12)28-20(23-16(24)6-7-17(25)26)18(14)19(27)22-11-13-3-2-8-21-10-13/h2-3,8,10,12H,4-7,9,11H2,1H3,(H,22,27)(H,23,24)(H,25,26). The Hall–Kier alpha value is -2.74. The van der Waals surface area contributed by atoms with E-state index < -0.39 is 11.9 Å². The molecule has 28 heavy (non-hydrogen) atoms. The number of thiophene rings is 1. The number of carbonyl (C=O) groups is 3. The van der Waals surface area contributed by atoms with Crippen LogP contribution in [0.15, 0.2) is 24.5 Å². The van der Waals surface area contributed by atoms with Gasteiger partial charge < -0.3 is 15.7 Å². The third kappa shape index (κ3) is 4.95. The molecule has 2 aromatic heterocycles. The highest BCUT2D eigenvalue weighted by atomic mass is 32.1. The molecule has 0 saturated heterocycles. The summed E-state index contributed by atoms with van der Waals surface area (Å²) < 4.78 is 0. The molecule has 1 aliphatic rings. The van der Waals surface area contributed by atoms with Crippen molar-refractivity contribution >= 4 is 34.1 Å². The number of carboxylic acids is 1. The average molecular weight is 401 g/mol. The topological polar surface area (TPSA) is 108 Å². The second-order valence-corrected chi connectivity index (χ2v) is 8.15. The summed E-state index contributed by atoms with van der Waals surface area (Å²) in [7, 11) is 0. The van der Waals surface area contributed by atoms with E-state index in [0.29, 0.717) is 23.0 Å². The van der Waals surface area contributed by atoms with E-state index >= 15 is 0 Å². The van der Waals surface area contributed by atoms with E-state index in [4.69, 9.17) is 5.11 Å². The van der Waals surface area contributed by atoms with E-state index in [9.17, 15) is 14.4 Å². The van der Waals surface area contributed by atoms with Gasteiger partial charge in [-0.1, -0.05) is 13.0 Å². The van der Waals surface area contributed by atoms with E-state index in [0.717, 1.165) is 35.3 Å². The fourth-order valence-corrected chi connectivity index (χ4v) is 4.69. The number of rotatable bonds is 7. The van der Waals surface area contributed by atoms with Crippen molar-refractivity contribution in [2.24, 2.45) is 5.92 Å². The quantitative estimate of drug-likeness (QED) is 0.661. The normalized spacial score (nSPS) is 15.5. The van der Waals surface area contributed by atoms with Gasteiger partial charge >= 0.3 is 5.97 Å². The summed E-state index contributed by atoms with van der Waals surface area (Å²) in [5.41, 5.74) is 2.40. The van der Waals surface area contributed by atoms with Crippen LogP contribution in [0.2, 0.25) is 0 Å². The van der Waals surface area contributed by atoms with Crippen LogP contribution in [0, 0.1) is 5.92 Å². The summed E-state index contributed by atoms with van der Waals surface area (Å²) in [5.74, 6) is -1.11. The molecule has 1 unspecified atom stereocenters. The van der Waals surface area contributed by atoms with Crippen LogP contribution >= 0.6 is 11.3 Å². The summed E-state index contributed by atoms with van der Waals surface area (Å²) in [4.78, 5) is 40.9. The Morgan fingerprint density at radius 2 is 2.14 bits per heavy atom. The first-order valence-corrected chi connectivity index (χ1v) is 10.1. The Labute approximate surface area is 167 Å². The lowest BCUT2D eigenvalue weighted by atomic mass is 9.88. The lowest BCUT2D eigenvalue weighted by Crippen LogP contribution is -2.26. The van der Waals surface area contributed by atoms with Crippen molar-refractivity contribution in [2.75, 3.05) is 5.32 Å². The largest absolute Gasteiger partial charge is 0.481 e. The van der Waals surface area contributed by atoms with Gasteiger partial charge in [-0.15, -0.1) is 11.3 Å². The van der Waals surface area contributed by atoms with Crippen LogP contribution in [0.1, 0.15) is 52.5 Å². The lowest BCUT2D eigenvalue weighted by molar-refractivity contribution is -0.138. The van der Waals surface area contributed by atoms with Crippen LogP contribution in [0.25, 0.3) is 0 Å². The highest BCUT2D eigenvalue weighted by Crippen LogP contribution is 2.39. The maximum Gasteiger partial charge on any atom is 0.303 e. The number of nitrogens with one attached hydrogen (secondary N) is 2. The molecule has 2 heterocycles. The SMILES string of the molecule is CC1CCc2c(sc(NC(=O)CCC(=O)O)c2C(=O)NCc2cccnc2)C1. The number of anilines is 1. The van der Waals surface area contributed by atoms with Crippen LogP contribution in [0.3, 0.4) is 0 Å². The molecule has 3 rings (SSSR count). The molecule has 8 heteroatoms. The van der Waals surface area contributed by atoms with Gasteiger partial charge in [0.15, 0.2) is 0 Å². The number of hydrogen-bond donors (Lipinski definition) is 3. The van der Waals surface area contributed by atoms with Crippen LogP contribution in [0.4, 0.5) is 5.00 Å². The highest BCUT2D eigenvalue weighted by molar-refractivity contribution is 7.17. The van der Waals surface area contributed by atoms with Gasteiger partial charge in [-0.2, -0.15) is 0 Å². The molecule has 1 aliphatic carbocycles. The molecule has 7 nitrogen and oxygen atoms in total. The van der Waals surface area contributed by atoms with Crippen molar-refractivity contribution in [2.45, 2.75) is 45.6 Å². The number of nitrogens with zero attached hydrogens (tertiary/aromatic N) is 1. The number of fused-ring (bicyclic) bond motifs is 1. The molecule has 0 aliphatic heterocycles. The zero-order valence-corrected chi connectivity index (χ0v) is 16.5. The first kappa shape index (κ1) is 20.0. The molecule has 1 atom stereocenters. The number of hydrogen-bond acceptors (Lipinski definition) is 5. The molecule has 3 N–H and O–H groups in total. The summed E-state index contributed by atoms with van der Waals surface area (Å²) in [6, 6.07) is 3.69. The summed E-state index contributed by atoms with van der Waals surface area (Å²) in [6.07, 6.45) is 5.69. The first-order valence-electron chi connectivity index (χ1n) is 9.27. The molecule has 0 radical (unpaired) electrons. The van der Waals surface area contributed by atoms with Crippen LogP contribution in [0.5, 0.6) is 0 Å². The Bertz CT molecular complexity index is 879. The Morgan fingerprint density at radius 1 is 1.32 bits per heavy atom. The van der Waals surface area contributed by atoms with Gasteiger partial charge in [0, 0.05) is 30.2 Å². The third-order valence-corrected chi connectivity index (χ3v) is 5.90. The number of aromatic nitrogens is 1. The van der Waals surface area contributed by atoms with Crippen molar-refractivity contribution in [3.8, 4) is 0 Å². The molecule has 0 aromatic carbocycles. The second kappa shape index (κ2) is 8.97. The van der Waals surface area contributed by atoms with Gasteiger partial charge in [0.25, 0.3) is 5.91 Å². The predicted molar refractivity (Wildman–Crippen MR) is 106 cm³/mol. The fourth-order valence-electron chi connectivity index (χ4n) is 3.26. The van der Waals surface area contributed by atoms with Crippen LogP contribution < -0.4 is 10.6 Å². The minimum atomic E-state index is -1.02. The molecule has 2 aromatic rings. The van der Waals surface area contributed by atoms with E-state index in [-0.39, 0.29) is 18.7 Å². The summed E-state index contributed by atoms with van der Waals surface area (Å²) in [6.45, 7) is 2.52. The molecule has 0 fully saturated rings. The lowest BCUT2D eigenvalue weighted by Gasteiger charge is -2.18. The summed E-state index contributed by atoms with van der Waals surface area (Å²) >= 11 is 1.43. The number of aliphatic carboxylic acids is 1. The van der Waals surface area contributed by atoms with Crippen molar-refractivity contribution in [1.82, 2.24) is 10.3 Å². The smallest absolute Gasteiger partial charge is 0.303 e. The number of carbonyl (C=O) groups excluding carboxylic acids is 2. The van der Waals surface area contributed by atoms with E-state index in [2.05, 4.69) is 22.5 Å². The van der Waals surface area contributed by atoms with Gasteiger partial charge in [0.05, 0.1) is 12.0 Å². The van der Waals surface area contributed by atoms with Crippen molar-refractivity contribution in [3.63, 3.8) is 0 Å². The monoisotopic (exact) mass is 401 g/mol. The van der Waals surface area contributed by atoms with Gasteiger partial charge in [-0.3, -0.25) is 19.4 Å². The Morgan fingerprint density at radius 3 is 2.86 bits per heavy atom. The molecular weight excluding hydrogens is 378 g/mol. The molecule has 0 bridgehead atoms. The fraction of sp³-hybridized carbons (Fsp3) is 0.400. The van der Waals surface area contributed by atoms with E-state index in [1.54, 1.807) is 12.4 Å². The summed E-state index contributed by atoms with van der Waals surface area (Å²) in [5, 5.41) is 14.9. The van der Waals surface area contributed by atoms with Crippen molar-refractivity contribution in [3.05, 3.63) is 46.1 Å². The maximum atomic E-state index is 12.9. The molecule has 2 amide bonds. The first-order chi connectivity index (χ1) is 13.4. The third-order valence-electron chi connectivity index (χ3n) is 4.73. The van der Waals surface area contributed by atoms with Crippen molar-refractivity contribution < 1.29 is 19.5 Å². The van der Waals surface area contributed by atoms with Gasteiger partial charge in [-0.25, -0.2) is 0 Å². The Kier molecular flexibility index (Phi) is 6.41. The maximum absolute atomic E-state index is 12.9. The number of amides is 2. The van der Waals surface area contributed by atoms with E-state index in [1.807, 2.05) is 12.1 Å². The van der Waals surface area contributed by atoms with Gasteiger partial charge in [-0.05, 0) is 42.4 Å². The minimum Gasteiger partial charge on any atom is -0.481 e. The molecule has 0 spiro atoms. The number of pyridine rings is 1. The highest BCUT2D eigenvalue weighted by Gasteiger charge is 2.28. The number of carboxylic acid groups (broad SMARTS) is 1. The van der Waals surface area contributed by atoms with Gasteiger partial charge in [0.2, 0.25) is 5.91 Å². The molecular formula is C20H23N3O4S. The van der Waals surface area contributed by atoms with Crippen LogP contribution in [-0.2, 0) is 29.0 Å². The van der Waals surface area contributed by atoms with E-state index in [1.165, 1.54) is 11.3 Å². The minimum absolute atomic E-state index is 0.120. The zero-order valence-electron chi connectivity index (χ0n) is 15.7. The second-order valence-electron chi connectivity index (χ2n) is 7.04. The van der Waals surface area contributed by atoms with Crippen LogP contribution in [-0.4, -0.2) is 27.9 Å².